The van der Waals surface area contributed by atoms with Crippen LogP contribution < -0.4 is 4.74 Å². The van der Waals surface area contributed by atoms with Crippen molar-refractivity contribution in [3.05, 3.63) is 30.3 Å². The number of alkyl halides is 7. The van der Waals surface area contributed by atoms with Crippen LogP contribution in [0.25, 0.3) is 0 Å². The number of rotatable bonds is 6. The van der Waals surface area contributed by atoms with Gasteiger partial charge in [0.05, 0.1) is 0 Å². The summed E-state index contributed by atoms with van der Waals surface area (Å²) in [7, 11) is 0. The average molecular weight is 338 g/mol. The number of halogens is 8. The summed E-state index contributed by atoms with van der Waals surface area (Å²) >= 11 is 0. The fraction of sp³-hybridized carbons (Fsp3) is 0.500. The van der Waals surface area contributed by atoms with Gasteiger partial charge in [-0.2, -0.15) is 31.3 Å². The molecule has 0 N–H and O–H groups in total. The Kier molecular flexibility index (Phi) is 5.60. The van der Waals surface area contributed by atoms with Crippen LogP contribution in [0.1, 0.15) is 6.42 Å². The molecule has 22 heavy (non-hydrogen) atoms. The van der Waals surface area contributed by atoms with Gasteiger partial charge in [0, 0.05) is 6.42 Å². The van der Waals surface area contributed by atoms with Crippen molar-refractivity contribution < 1.29 is 44.9 Å². The van der Waals surface area contributed by atoms with Gasteiger partial charge >= 0.3 is 18.0 Å². The monoisotopic (exact) mass is 338 g/mol. The van der Waals surface area contributed by atoms with Gasteiger partial charge in [-0.1, -0.05) is 18.2 Å². The molecule has 126 valence electrons. The van der Waals surface area contributed by atoms with Crippen LogP contribution in [-0.4, -0.2) is 30.7 Å². The predicted octanol–water partition coefficient (Wildman–Crippen LogP) is 4.56. The predicted molar refractivity (Wildman–Crippen MR) is 58.5 cm³/mol. The van der Waals surface area contributed by atoms with Crippen LogP contribution in [0, 0.1) is 0 Å². The second-order valence-electron chi connectivity index (χ2n) is 4.33. The minimum Gasteiger partial charge on any atom is -0.488 e. The molecule has 10 heteroatoms. The van der Waals surface area contributed by atoms with E-state index in [4.69, 9.17) is 4.74 Å². The molecule has 0 spiro atoms. The molecule has 0 aromatic heterocycles. The average Bonchev–Trinajstić information content (AvgIpc) is 2.37. The standard InChI is InChI=1S/C12H10F8O2/c13-10(11(14,15)16,12(17,18)19)6-9(7-21-20)22-8-4-2-1-3-5-8/h1-5,9H,6-7H2. The van der Waals surface area contributed by atoms with Gasteiger partial charge in [-0.05, 0) is 16.7 Å². The Hall–Kier alpha value is -1.58. The molecule has 0 aliphatic carbocycles. The van der Waals surface area contributed by atoms with Crippen LogP contribution in [0.15, 0.2) is 30.3 Å². The molecule has 0 aliphatic heterocycles. The van der Waals surface area contributed by atoms with Crippen LogP contribution in [0.5, 0.6) is 5.75 Å². The zero-order valence-electron chi connectivity index (χ0n) is 10.7. The summed E-state index contributed by atoms with van der Waals surface area (Å²) in [5, 5.41) is 0. The van der Waals surface area contributed by atoms with Crippen molar-refractivity contribution >= 4 is 0 Å². The van der Waals surface area contributed by atoms with Gasteiger partial charge in [0.1, 0.15) is 18.5 Å². The van der Waals surface area contributed by atoms with Gasteiger partial charge in [-0.15, -0.1) is 0 Å². The number of benzene rings is 1. The summed E-state index contributed by atoms with van der Waals surface area (Å²) in [4.78, 5) is 3.02. The Morgan fingerprint density at radius 2 is 1.36 bits per heavy atom. The van der Waals surface area contributed by atoms with Crippen LogP contribution in [-0.2, 0) is 4.94 Å². The Labute approximate surface area is 119 Å². The molecule has 0 heterocycles. The Morgan fingerprint density at radius 3 is 1.77 bits per heavy atom. The minimum absolute atomic E-state index is 0.156. The lowest BCUT2D eigenvalue weighted by molar-refractivity contribution is -0.348. The molecule has 0 fully saturated rings. The van der Waals surface area contributed by atoms with Gasteiger partial charge in [-0.25, -0.2) is 4.39 Å². The topological polar surface area (TPSA) is 18.5 Å². The van der Waals surface area contributed by atoms with E-state index in [1.165, 1.54) is 30.3 Å². The first-order valence-corrected chi connectivity index (χ1v) is 5.79. The third-order valence-corrected chi connectivity index (χ3v) is 2.70. The zero-order valence-corrected chi connectivity index (χ0v) is 10.7. The van der Waals surface area contributed by atoms with Crippen molar-refractivity contribution in [2.45, 2.75) is 30.5 Å². The van der Waals surface area contributed by atoms with Gasteiger partial charge in [0.2, 0.25) is 0 Å². The third kappa shape index (κ3) is 4.21. The Bertz CT molecular complexity index is 442. The van der Waals surface area contributed by atoms with Crippen LogP contribution in [0.2, 0.25) is 0 Å². The highest BCUT2D eigenvalue weighted by molar-refractivity contribution is 5.21. The van der Waals surface area contributed by atoms with Crippen molar-refractivity contribution in [1.29, 1.82) is 0 Å². The molecule has 1 atom stereocenters. The third-order valence-electron chi connectivity index (χ3n) is 2.70. The van der Waals surface area contributed by atoms with Gasteiger partial charge in [0.25, 0.3) is 0 Å². The highest BCUT2D eigenvalue weighted by atomic mass is 19.4. The second kappa shape index (κ2) is 6.67. The highest BCUT2D eigenvalue weighted by Crippen LogP contribution is 2.49. The minimum atomic E-state index is -6.24. The summed E-state index contributed by atoms with van der Waals surface area (Å²) in [5.74, 6) is -0.156. The summed E-state index contributed by atoms with van der Waals surface area (Å²) in [6.07, 6.45) is -16.8. The largest absolute Gasteiger partial charge is 0.488 e. The van der Waals surface area contributed by atoms with E-state index in [0.717, 1.165) is 0 Å². The van der Waals surface area contributed by atoms with Gasteiger partial charge in [0.15, 0.2) is 0 Å². The first kappa shape index (κ1) is 18.5. The smallest absolute Gasteiger partial charge is 0.431 e. The van der Waals surface area contributed by atoms with E-state index in [9.17, 15) is 35.3 Å². The molecule has 0 bridgehead atoms. The van der Waals surface area contributed by atoms with E-state index < -0.39 is 37.2 Å². The lowest BCUT2D eigenvalue weighted by Crippen LogP contribution is -2.55. The van der Waals surface area contributed by atoms with Crippen molar-refractivity contribution in [3.8, 4) is 5.75 Å². The molecular weight excluding hydrogens is 328 g/mol. The van der Waals surface area contributed by atoms with Crippen molar-refractivity contribution in [2.75, 3.05) is 6.61 Å². The number of ether oxygens (including phenoxy) is 1. The lowest BCUT2D eigenvalue weighted by atomic mass is 9.96. The van der Waals surface area contributed by atoms with E-state index in [1.54, 1.807) is 0 Å². The molecule has 0 aliphatic rings. The Balaban J connectivity index is 3.00. The van der Waals surface area contributed by atoms with Gasteiger partial charge < -0.3 is 4.74 Å². The van der Waals surface area contributed by atoms with E-state index in [1.807, 2.05) is 0 Å². The maximum absolute atomic E-state index is 13.6. The van der Waals surface area contributed by atoms with Crippen molar-refractivity contribution in [2.24, 2.45) is 0 Å². The van der Waals surface area contributed by atoms with Crippen LogP contribution in [0.3, 0.4) is 0 Å². The maximum atomic E-state index is 13.6. The van der Waals surface area contributed by atoms with E-state index >= 15 is 0 Å². The fourth-order valence-corrected chi connectivity index (χ4v) is 1.60. The lowest BCUT2D eigenvalue weighted by Gasteiger charge is -2.32. The fourth-order valence-electron chi connectivity index (χ4n) is 1.60. The van der Waals surface area contributed by atoms with Crippen LogP contribution >= 0.6 is 0 Å². The van der Waals surface area contributed by atoms with E-state index in [-0.39, 0.29) is 5.75 Å². The van der Waals surface area contributed by atoms with Gasteiger partial charge in [-0.3, -0.25) is 0 Å². The van der Waals surface area contributed by atoms with Crippen molar-refractivity contribution in [3.63, 3.8) is 0 Å². The maximum Gasteiger partial charge on any atom is 0.431 e. The highest BCUT2D eigenvalue weighted by Gasteiger charge is 2.73. The summed E-state index contributed by atoms with van der Waals surface area (Å²) < 4.78 is 105. The van der Waals surface area contributed by atoms with Crippen molar-refractivity contribution in [1.82, 2.24) is 0 Å². The molecule has 0 saturated heterocycles. The number of hydrogen-bond donors (Lipinski definition) is 0. The molecule has 1 aromatic rings. The molecule has 0 saturated carbocycles. The zero-order chi connectivity index (χ0) is 17.0. The molecular formula is C12H10F8O2. The molecule has 1 unspecified atom stereocenters. The molecule has 0 radical (unpaired) electrons. The summed E-state index contributed by atoms with van der Waals surface area (Å²) in [6.45, 7) is -1.30. The summed E-state index contributed by atoms with van der Waals surface area (Å²) in [6, 6.07) is 6.65. The molecule has 1 aromatic carbocycles. The second-order valence-corrected chi connectivity index (χ2v) is 4.33. The normalized spacial score (nSPS) is 14.7. The first-order chi connectivity index (χ1) is 10.0. The SMILES string of the molecule is FOCC(CC(F)(C(F)(F)F)C(F)(F)F)Oc1ccccc1. The number of hydrogen-bond acceptors (Lipinski definition) is 2. The van der Waals surface area contributed by atoms with Crippen LogP contribution in [0.4, 0.5) is 35.3 Å². The van der Waals surface area contributed by atoms with E-state index in [2.05, 4.69) is 4.94 Å². The quantitative estimate of drug-likeness (QED) is 0.708. The van der Waals surface area contributed by atoms with E-state index in [0.29, 0.717) is 0 Å². The summed E-state index contributed by atoms with van der Waals surface area (Å²) in [5.41, 5.74) is -5.54. The molecule has 2 nitrogen and oxygen atoms in total. The molecule has 0 amide bonds. The first-order valence-electron chi connectivity index (χ1n) is 5.79. The molecule has 1 rings (SSSR count). The Morgan fingerprint density at radius 1 is 0.864 bits per heavy atom. The number of para-hydroxylation sites is 1.